The van der Waals surface area contributed by atoms with Gasteiger partial charge in [-0.25, -0.2) is 4.39 Å². The van der Waals surface area contributed by atoms with Gasteiger partial charge in [0.2, 0.25) is 11.8 Å². The minimum Gasteiger partial charge on any atom is -0.367 e. The average molecular weight is 616 g/mol. The van der Waals surface area contributed by atoms with E-state index in [1.807, 2.05) is 35.2 Å². The molecule has 0 spiro atoms. The van der Waals surface area contributed by atoms with Crippen LogP contribution in [0, 0.1) is 5.82 Å². The van der Waals surface area contributed by atoms with Crippen molar-refractivity contribution in [2.75, 3.05) is 33.3 Å². The number of carbonyl (C=O) groups is 4. The third-order valence-electron chi connectivity index (χ3n) is 9.34. The number of carbonyl (C=O) groups excluding carboxylic acids is 4. The second-order valence-electron chi connectivity index (χ2n) is 12.0. The van der Waals surface area contributed by atoms with Crippen LogP contribution in [0.3, 0.4) is 0 Å². The molecular formula is C32H34FN7O5. The predicted molar refractivity (Wildman–Crippen MR) is 157 cm³/mol. The van der Waals surface area contributed by atoms with E-state index in [0.717, 1.165) is 16.8 Å². The fraction of sp³-hybridized carbons (Fsp3) is 0.406. The smallest absolute Gasteiger partial charge is 0.258 e. The molecule has 0 aliphatic carbocycles. The number of hydrogen-bond acceptors (Lipinski definition) is 8. The van der Waals surface area contributed by atoms with Crippen LogP contribution in [0.25, 0.3) is 0 Å². The maximum Gasteiger partial charge on any atom is 0.258 e. The molecule has 0 bridgehead atoms. The number of aromatic nitrogens is 2. The molecule has 2 aromatic carbocycles. The number of methoxy groups -OCH3 is 1. The van der Waals surface area contributed by atoms with Crippen molar-refractivity contribution in [3.63, 3.8) is 0 Å². The first kappa shape index (κ1) is 29.3. The fourth-order valence-corrected chi connectivity index (χ4v) is 7.01. The summed E-state index contributed by atoms with van der Waals surface area (Å²) in [5, 5.41) is 9.56. The van der Waals surface area contributed by atoms with Gasteiger partial charge >= 0.3 is 0 Å². The molecule has 3 atom stereocenters. The number of benzene rings is 2. The summed E-state index contributed by atoms with van der Waals surface area (Å²) in [6.45, 7) is 3.56. The minimum absolute atomic E-state index is 0.123. The van der Waals surface area contributed by atoms with Gasteiger partial charge in [0.1, 0.15) is 18.0 Å². The molecule has 2 unspecified atom stereocenters. The fourth-order valence-electron chi connectivity index (χ4n) is 7.01. The Morgan fingerprint density at radius 2 is 1.87 bits per heavy atom. The number of H-pyrrole nitrogens is 1. The second kappa shape index (κ2) is 11.8. The Kier molecular flexibility index (Phi) is 7.68. The number of halogens is 1. The highest BCUT2D eigenvalue weighted by molar-refractivity contribution is 6.05. The molecular weight excluding hydrogens is 581 g/mol. The normalized spacial score (nSPS) is 22.8. The first-order chi connectivity index (χ1) is 21.8. The number of rotatable bonds is 7. The third-order valence-corrected chi connectivity index (χ3v) is 9.34. The molecule has 4 amide bonds. The quantitative estimate of drug-likeness (QED) is 0.386. The van der Waals surface area contributed by atoms with Crippen LogP contribution in [0.2, 0.25) is 0 Å². The molecule has 45 heavy (non-hydrogen) atoms. The van der Waals surface area contributed by atoms with Crippen molar-refractivity contribution < 1.29 is 28.3 Å². The Morgan fingerprint density at radius 1 is 1.09 bits per heavy atom. The van der Waals surface area contributed by atoms with Gasteiger partial charge in [-0.15, -0.1) is 0 Å². The van der Waals surface area contributed by atoms with Gasteiger partial charge in [0.15, 0.2) is 6.10 Å². The van der Waals surface area contributed by atoms with Gasteiger partial charge in [-0.1, -0.05) is 30.3 Å². The maximum absolute atomic E-state index is 15.3. The van der Waals surface area contributed by atoms with E-state index in [4.69, 9.17) is 4.74 Å². The zero-order chi connectivity index (χ0) is 31.2. The number of fused-ring (bicyclic) bond motifs is 2. The Labute approximate surface area is 259 Å². The number of amides is 4. The average Bonchev–Trinajstić information content (AvgIpc) is 3.72. The summed E-state index contributed by atoms with van der Waals surface area (Å²) in [6, 6.07) is 11.7. The number of aromatic amines is 1. The number of ether oxygens (including phenoxy) is 1. The van der Waals surface area contributed by atoms with Gasteiger partial charge in [0.25, 0.3) is 11.8 Å². The van der Waals surface area contributed by atoms with Crippen LogP contribution in [0.15, 0.2) is 48.7 Å². The van der Waals surface area contributed by atoms with Gasteiger partial charge in [0, 0.05) is 69.5 Å². The zero-order valence-corrected chi connectivity index (χ0v) is 24.9. The molecule has 1 aromatic heterocycles. The lowest BCUT2D eigenvalue weighted by Crippen LogP contribution is -2.52. The van der Waals surface area contributed by atoms with Crippen LogP contribution >= 0.6 is 0 Å². The molecule has 2 N–H and O–H groups in total. The van der Waals surface area contributed by atoms with Crippen LogP contribution in [0.4, 0.5) is 4.39 Å². The van der Waals surface area contributed by atoms with E-state index in [2.05, 4.69) is 25.3 Å². The maximum atomic E-state index is 15.3. The van der Waals surface area contributed by atoms with Crippen molar-refractivity contribution in [3.8, 4) is 0 Å². The lowest BCUT2D eigenvalue weighted by atomic mass is 10.0. The summed E-state index contributed by atoms with van der Waals surface area (Å²) >= 11 is 0. The Bertz CT molecular complexity index is 1650. The van der Waals surface area contributed by atoms with E-state index in [-0.39, 0.29) is 42.9 Å². The molecule has 13 heteroatoms. The third kappa shape index (κ3) is 5.30. The number of piperidine rings is 1. The number of hydrogen-bond donors (Lipinski definition) is 2. The lowest BCUT2D eigenvalue weighted by molar-refractivity contribution is -0.150. The van der Waals surface area contributed by atoms with Gasteiger partial charge < -0.3 is 14.5 Å². The highest BCUT2D eigenvalue weighted by Crippen LogP contribution is 2.38. The van der Waals surface area contributed by atoms with Gasteiger partial charge in [0.05, 0.1) is 18.4 Å². The second-order valence-corrected chi connectivity index (χ2v) is 12.0. The lowest BCUT2D eigenvalue weighted by Gasteiger charge is -2.41. The van der Waals surface area contributed by atoms with Crippen molar-refractivity contribution in [1.29, 1.82) is 0 Å². The highest BCUT2D eigenvalue weighted by atomic mass is 19.1. The molecule has 7 rings (SSSR count). The molecule has 0 radical (unpaired) electrons. The number of imide groups is 1. The SMILES string of the molecule is CO[C@@H](C(=O)N1Cc2[nH]ncc2C1N1CCN(Cc2cc3c(cc2F)C(=O)N(C2CCC(=O)NC2=O)C3)CC1)c1ccccc1. The molecule has 234 valence electrons. The minimum atomic E-state index is -0.744. The molecule has 4 aliphatic rings. The Morgan fingerprint density at radius 3 is 2.60 bits per heavy atom. The first-order valence-electron chi connectivity index (χ1n) is 15.1. The van der Waals surface area contributed by atoms with E-state index < -0.39 is 29.8 Å². The summed E-state index contributed by atoms with van der Waals surface area (Å²) in [7, 11) is 1.54. The van der Waals surface area contributed by atoms with Crippen LogP contribution in [-0.4, -0.2) is 92.8 Å². The molecule has 0 saturated carbocycles. The largest absolute Gasteiger partial charge is 0.367 e. The highest BCUT2D eigenvalue weighted by Gasteiger charge is 2.43. The van der Waals surface area contributed by atoms with Crippen LogP contribution in [0.5, 0.6) is 0 Å². The van der Waals surface area contributed by atoms with E-state index in [1.165, 1.54) is 11.0 Å². The van der Waals surface area contributed by atoms with Gasteiger partial charge in [-0.2, -0.15) is 5.10 Å². The molecule has 4 aliphatic heterocycles. The monoisotopic (exact) mass is 615 g/mol. The topological polar surface area (TPSA) is 131 Å². The summed E-state index contributed by atoms with van der Waals surface area (Å²) in [6.07, 6.45) is 1.18. The van der Waals surface area contributed by atoms with Crippen LogP contribution < -0.4 is 5.32 Å². The number of piperazine rings is 1. The van der Waals surface area contributed by atoms with E-state index in [9.17, 15) is 19.2 Å². The number of nitrogens with one attached hydrogen (secondary N) is 2. The van der Waals surface area contributed by atoms with Crippen LogP contribution in [0.1, 0.15) is 63.4 Å². The summed E-state index contributed by atoms with van der Waals surface area (Å²) < 4.78 is 21.0. The Balaban J connectivity index is 1.03. The van der Waals surface area contributed by atoms with E-state index in [0.29, 0.717) is 50.4 Å². The van der Waals surface area contributed by atoms with Crippen molar-refractivity contribution in [2.24, 2.45) is 0 Å². The van der Waals surface area contributed by atoms with E-state index >= 15 is 4.39 Å². The first-order valence-corrected chi connectivity index (χ1v) is 15.1. The molecule has 3 aromatic rings. The molecule has 2 fully saturated rings. The summed E-state index contributed by atoms with van der Waals surface area (Å²) in [5.41, 5.74) is 4.09. The Hall–Kier alpha value is -4.46. The van der Waals surface area contributed by atoms with Crippen molar-refractivity contribution in [3.05, 3.63) is 88.0 Å². The standard InChI is InChI=1S/C32H34FN7O5/c1-45-28(19-5-3-2-4-6-19)32(44)40-18-25-23(15-34-36-25)30(40)38-11-9-37(10-12-38)16-21-13-20-17-39(31(43)22(20)14-24(21)33)26-7-8-27(41)35-29(26)42/h2-6,13-15,26,28,30H,7-12,16-18H2,1H3,(H,34,36)(H,35,41,42)/t26?,28-,30?/m1/s1. The van der Waals surface area contributed by atoms with Crippen molar-refractivity contribution >= 4 is 23.6 Å². The van der Waals surface area contributed by atoms with Crippen molar-refractivity contribution in [2.45, 2.75) is 50.8 Å². The molecule has 5 heterocycles. The summed E-state index contributed by atoms with van der Waals surface area (Å²) in [4.78, 5) is 58.5. The zero-order valence-electron chi connectivity index (χ0n) is 24.9. The summed E-state index contributed by atoms with van der Waals surface area (Å²) in [5.74, 6) is -1.82. The van der Waals surface area contributed by atoms with Gasteiger partial charge in [-0.05, 0) is 29.7 Å². The van der Waals surface area contributed by atoms with Crippen molar-refractivity contribution in [1.82, 2.24) is 35.1 Å². The van der Waals surface area contributed by atoms with Gasteiger partial charge in [-0.3, -0.25) is 39.4 Å². The number of nitrogens with zero attached hydrogens (tertiary/aromatic N) is 5. The van der Waals surface area contributed by atoms with Crippen LogP contribution in [-0.2, 0) is 38.8 Å². The van der Waals surface area contributed by atoms with E-state index in [1.54, 1.807) is 19.4 Å². The molecule has 2 saturated heterocycles. The molecule has 12 nitrogen and oxygen atoms in total. The predicted octanol–water partition coefficient (Wildman–Crippen LogP) is 1.86.